The molecule has 1 aromatic heterocycles. The van der Waals surface area contributed by atoms with Gasteiger partial charge in [-0.2, -0.15) is 5.10 Å². The molecule has 0 amide bonds. The highest BCUT2D eigenvalue weighted by Crippen LogP contribution is 2.17. The van der Waals surface area contributed by atoms with E-state index in [0.717, 1.165) is 11.3 Å². The van der Waals surface area contributed by atoms with Crippen LogP contribution in [0, 0.1) is 6.92 Å². The molecule has 0 bridgehead atoms. The van der Waals surface area contributed by atoms with Crippen LogP contribution in [0.5, 0.6) is 0 Å². The number of nitrogens with two attached hydrogens (primary N) is 1. The molecule has 0 saturated heterocycles. The highest BCUT2D eigenvalue weighted by Gasteiger charge is 2.04. The first-order chi connectivity index (χ1) is 7.20. The van der Waals surface area contributed by atoms with Crippen molar-refractivity contribution in [3.8, 4) is 5.69 Å². The maximum Gasteiger partial charge on any atom is 0.0790 e. The molecule has 1 aromatic carbocycles. The van der Waals surface area contributed by atoms with Gasteiger partial charge in [0.25, 0.3) is 0 Å². The van der Waals surface area contributed by atoms with E-state index in [1.54, 1.807) is 17.1 Å². The van der Waals surface area contributed by atoms with Crippen molar-refractivity contribution in [3.63, 3.8) is 0 Å². The van der Waals surface area contributed by atoms with Crippen molar-refractivity contribution in [2.45, 2.75) is 13.5 Å². The topological polar surface area (TPSA) is 43.8 Å². The van der Waals surface area contributed by atoms with E-state index >= 15 is 0 Å². The number of hydrogen-bond donors (Lipinski definition) is 1. The lowest BCUT2D eigenvalue weighted by Crippen LogP contribution is -2.05. The molecule has 0 aliphatic rings. The summed E-state index contributed by atoms with van der Waals surface area (Å²) in [4.78, 5) is 0. The first-order valence-corrected chi connectivity index (χ1v) is 5.08. The largest absolute Gasteiger partial charge is 0.326 e. The Labute approximate surface area is 93.5 Å². The predicted octanol–water partition coefficient (Wildman–Crippen LogP) is 2.29. The Morgan fingerprint density at radius 3 is 2.87 bits per heavy atom. The summed E-state index contributed by atoms with van der Waals surface area (Å²) in [7, 11) is 0. The second-order valence-corrected chi connectivity index (χ2v) is 3.88. The van der Waals surface area contributed by atoms with E-state index in [2.05, 4.69) is 11.2 Å². The molecule has 0 aliphatic heterocycles. The molecule has 0 aliphatic carbocycles. The van der Waals surface area contributed by atoms with Gasteiger partial charge in [-0.15, -0.1) is 0 Å². The molecule has 15 heavy (non-hydrogen) atoms. The maximum atomic E-state index is 5.82. The van der Waals surface area contributed by atoms with Crippen LogP contribution in [-0.2, 0) is 6.54 Å². The van der Waals surface area contributed by atoms with E-state index in [1.807, 2.05) is 19.1 Å². The molecular formula is C11H12ClN3. The van der Waals surface area contributed by atoms with Crippen molar-refractivity contribution >= 4 is 11.6 Å². The summed E-state index contributed by atoms with van der Waals surface area (Å²) in [5.41, 5.74) is 8.93. The lowest BCUT2D eigenvalue weighted by molar-refractivity contribution is 0.857. The normalized spacial score (nSPS) is 10.6. The summed E-state index contributed by atoms with van der Waals surface area (Å²) in [5, 5.41) is 4.78. The molecular weight excluding hydrogens is 210 g/mol. The minimum Gasteiger partial charge on any atom is -0.326 e. The van der Waals surface area contributed by atoms with Crippen molar-refractivity contribution in [2.75, 3.05) is 0 Å². The zero-order valence-electron chi connectivity index (χ0n) is 8.44. The van der Waals surface area contributed by atoms with Gasteiger partial charge in [0.05, 0.1) is 16.9 Å². The SMILES string of the molecule is Cc1ccc(-n2cc(Cl)cn2)c(CN)c1. The van der Waals surface area contributed by atoms with Gasteiger partial charge in [0.1, 0.15) is 0 Å². The number of nitrogens with zero attached hydrogens (tertiary/aromatic N) is 2. The summed E-state index contributed by atoms with van der Waals surface area (Å²) in [5.74, 6) is 0. The van der Waals surface area contributed by atoms with Gasteiger partial charge in [0.15, 0.2) is 0 Å². The summed E-state index contributed by atoms with van der Waals surface area (Å²) in [6.07, 6.45) is 3.38. The van der Waals surface area contributed by atoms with Gasteiger partial charge >= 0.3 is 0 Å². The number of halogens is 1. The van der Waals surface area contributed by atoms with Crippen LogP contribution < -0.4 is 5.73 Å². The smallest absolute Gasteiger partial charge is 0.0790 e. The highest BCUT2D eigenvalue weighted by atomic mass is 35.5. The standard InChI is InChI=1S/C11H12ClN3/c1-8-2-3-11(9(4-8)5-13)15-7-10(12)6-14-15/h2-4,6-7H,5,13H2,1H3. The fourth-order valence-electron chi connectivity index (χ4n) is 1.53. The highest BCUT2D eigenvalue weighted by molar-refractivity contribution is 6.30. The first-order valence-electron chi connectivity index (χ1n) is 4.71. The second kappa shape index (κ2) is 4.04. The molecule has 1 heterocycles. The lowest BCUT2D eigenvalue weighted by Gasteiger charge is -2.08. The third-order valence-corrected chi connectivity index (χ3v) is 2.45. The van der Waals surface area contributed by atoms with Crippen LogP contribution in [0.15, 0.2) is 30.6 Å². The predicted molar refractivity (Wildman–Crippen MR) is 61.2 cm³/mol. The summed E-state index contributed by atoms with van der Waals surface area (Å²) < 4.78 is 1.74. The van der Waals surface area contributed by atoms with Crippen LogP contribution in [0.4, 0.5) is 0 Å². The van der Waals surface area contributed by atoms with Crippen LogP contribution in [0.1, 0.15) is 11.1 Å². The quantitative estimate of drug-likeness (QED) is 0.846. The van der Waals surface area contributed by atoms with Crippen molar-refractivity contribution < 1.29 is 0 Å². The second-order valence-electron chi connectivity index (χ2n) is 3.44. The van der Waals surface area contributed by atoms with Gasteiger partial charge in [0, 0.05) is 12.7 Å². The summed E-state index contributed by atoms with van der Waals surface area (Å²) >= 11 is 5.82. The van der Waals surface area contributed by atoms with Gasteiger partial charge in [-0.3, -0.25) is 0 Å². The Hall–Kier alpha value is -1.32. The Bertz CT molecular complexity index is 476. The molecule has 2 rings (SSSR count). The molecule has 4 heteroatoms. The summed E-state index contributed by atoms with van der Waals surface area (Å²) in [6, 6.07) is 6.09. The molecule has 0 atom stereocenters. The fourth-order valence-corrected chi connectivity index (χ4v) is 1.67. The van der Waals surface area contributed by atoms with Crippen LogP contribution >= 0.6 is 11.6 Å². The van der Waals surface area contributed by atoms with Crippen LogP contribution in [0.3, 0.4) is 0 Å². The Morgan fingerprint density at radius 2 is 2.27 bits per heavy atom. The molecule has 3 nitrogen and oxygen atoms in total. The van der Waals surface area contributed by atoms with E-state index in [0.29, 0.717) is 11.6 Å². The van der Waals surface area contributed by atoms with Crippen LogP contribution in [0.25, 0.3) is 5.69 Å². The van der Waals surface area contributed by atoms with E-state index in [9.17, 15) is 0 Å². The monoisotopic (exact) mass is 221 g/mol. The molecule has 0 fully saturated rings. The number of benzene rings is 1. The molecule has 2 N–H and O–H groups in total. The van der Waals surface area contributed by atoms with Crippen molar-refractivity contribution in [1.29, 1.82) is 0 Å². The minimum atomic E-state index is 0.495. The number of aryl methyl sites for hydroxylation is 1. The fraction of sp³-hybridized carbons (Fsp3) is 0.182. The van der Waals surface area contributed by atoms with Crippen molar-refractivity contribution in [2.24, 2.45) is 5.73 Å². The Balaban J connectivity index is 2.52. The molecule has 0 unspecified atom stereocenters. The van der Waals surface area contributed by atoms with Gasteiger partial charge < -0.3 is 5.73 Å². The average molecular weight is 222 g/mol. The van der Waals surface area contributed by atoms with E-state index in [-0.39, 0.29) is 0 Å². The summed E-state index contributed by atoms with van der Waals surface area (Å²) in [6.45, 7) is 2.54. The van der Waals surface area contributed by atoms with Gasteiger partial charge in [0.2, 0.25) is 0 Å². The van der Waals surface area contributed by atoms with Crippen LogP contribution in [-0.4, -0.2) is 9.78 Å². The zero-order valence-corrected chi connectivity index (χ0v) is 9.20. The first kappa shape index (κ1) is 10.2. The number of hydrogen-bond acceptors (Lipinski definition) is 2. The van der Waals surface area contributed by atoms with E-state index < -0.39 is 0 Å². The third kappa shape index (κ3) is 2.03. The lowest BCUT2D eigenvalue weighted by atomic mass is 10.1. The van der Waals surface area contributed by atoms with Crippen molar-refractivity contribution in [1.82, 2.24) is 9.78 Å². The molecule has 0 spiro atoms. The number of aromatic nitrogens is 2. The number of rotatable bonds is 2. The van der Waals surface area contributed by atoms with Gasteiger partial charge in [-0.05, 0) is 18.6 Å². The van der Waals surface area contributed by atoms with Crippen LogP contribution in [0.2, 0.25) is 5.02 Å². The Morgan fingerprint density at radius 1 is 1.47 bits per heavy atom. The third-order valence-electron chi connectivity index (χ3n) is 2.25. The van der Waals surface area contributed by atoms with Crippen molar-refractivity contribution in [3.05, 3.63) is 46.7 Å². The van der Waals surface area contributed by atoms with Gasteiger partial charge in [-0.1, -0.05) is 29.3 Å². The van der Waals surface area contributed by atoms with E-state index in [1.165, 1.54) is 5.56 Å². The van der Waals surface area contributed by atoms with Gasteiger partial charge in [-0.25, -0.2) is 4.68 Å². The zero-order chi connectivity index (χ0) is 10.8. The van der Waals surface area contributed by atoms with E-state index in [4.69, 9.17) is 17.3 Å². The Kier molecular flexibility index (Phi) is 2.75. The average Bonchev–Trinajstić information content (AvgIpc) is 2.64. The molecule has 2 aromatic rings. The minimum absolute atomic E-state index is 0.495. The molecule has 0 radical (unpaired) electrons. The maximum absolute atomic E-state index is 5.82. The molecule has 78 valence electrons. The molecule has 0 saturated carbocycles.